The Morgan fingerprint density at radius 1 is 1.33 bits per heavy atom. The average Bonchev–Trinajstić information content (AvgIpc) is 2.05. The Bertz CT molecular complexity index is 266. The van der Waals surface area contributed by atoms with E-state index in [1.807, 2.05) is 13.1 Å². The molecule has 0 radical (unpaired) electrons. The summed E-state index contributed by atoms with van der Waals surface area (Å²) < 4.78 is 0. The quantitative estimate of drug-likeness (QED) is 0.671. The van der Waals surface area contributed by atoms with Gasteiger partial charge in [-0.25, -0.2) is 0 Å². The third kappa shape index (κ3) is 1.81. The standard InChI is InChI=1S/C10H16N2/c1-5-10(3,4)9-7-11-6-8(2)12-9/h6-7H,5H2,1-4H3. The summed E-state index contributed by atoms with van der Waals surface area (Å²) in [5.41, 5.74) is 2.23. The molecule has 1 heterocycles. The van der Waals surface area contributed by atoms with Crippen LogP contribution >= 0.6 is 0 Å². The summed E-state index contributed by atoms with van der Waals surface area (Å²) in [5, 5.41) is 0. The van der Waals surface area contributed by atoms with Gasteiger partial charge in [0.2, 0.25) is 0 Å². The largest absolute Gasteiger partial charge is 0.261 e. The molecule has 1 aromatic heterocycles. The predicted molar refractivity (Wildman–Crippen MR) is 50.1 cm³/mol. The second kappa shape index (κ2) is 3.21. The van der Waals surface area contributed by atoms with E-state index in [1.165, 1.54) is 0 Å². The van der Waals surface area contributed by atoms with Crippen LogP contribution in [0.2, 0.25) is 0 Å². The maximum Gasteiger partial charge on any atom is 0.0645 e. The van der Waals surface area contributed by atoms with E-state index in [4.69, 9.17) is 0 Å². The summed E-state index contributed by atoms with van der Waals surface area (Å²) in [4.78, 5) is 8.59. The van der Waals surface area contributed by atoms with Crippen LogP contribution in [-0.2, 0) is 5.41 Å². The van der Waals surface area contributed by atoms with Crippen LogP contribution < -0.4 is 0 Å². The highest BCUT2D eigenvalue weighted by Gasteiger charge is 2.19. The summed E-state index contributed by atoms with van der Waals surface area (Å²) >= 11 is 0. The molecule has 0 atom stereocenters. The normalized spacial score (nSPS) is 11.7. The summed E-state index contributed by atoms with van der Waals surface area (Å²) in [6, 6.07) is 0. The maximum absolute atomic E-state index is 4.45. The lowest BCUT2D eigenvalue weighted by Crippen LogP contribution is -2.18. The van der Waals surface area contributed by atoms with Gasteiger partial charge in [-0.15, -0.1) is 0 Å². The first-order valence-corrected chi connectivity index (χ1v) is 4.35. The maximum atomic E-state index is 4.45. The predicted octanol–water partition coefficient (Wildman–Crippen LogP) is 2.47. The van der Waals surface area contributed by atoms with Crippen LogP contribution in [0, 0.1) is 6.92 Å². The minimum atomic E-state index is 0.152. The van der Waals surface area contributed by atoms with Gasteiger partial charge in [-0.2, -0.15) is 0 Å². The van der Waals surface area contributed by atoms with Crippen LogP contribution in [0.1, 0.15) is 38.6 Å². The topological polar surface area (TPSA) is 25.8 Å². The molecule has 1 rings (SSSR count). The van der Waals surface area contributed by atoms with Crippen molar-refractivity contribution in [3.8, 4) is 0 Å². The van der Waals surface area contributed by atoms with E-state index in [1.54, 1.807) is 6.20 Å². The van der Waals surface area contributed by atoms with Gasteiger partial charge >= 0.3 is 0 Å². The first-order chi connectivity index (χ1) is 5.56. The van der Waals surface area contributed by atoms with Crippen LogP contribution in [0.3, 0.4) is 0 Å². The molecule has 0 saturated carbocycles. The highest BCUT2D eigenvalue weighted by atomic mass is 14.8. The van der Waals surface area contributed by atoms with Crippen molar-refractivity contribution in [2.75, 3.05) is 0 Å². The van der Waals surface area contributed by atoms with Gasteiger partial charge in [0.25, 0.3) is 0 Å². The highest BCUT2D eigenvalue weighted by molar-refractivity contribution is 5.11. The minimum Gasteiger partial charge on any atom is -0.261 e. The van der Waals surface area contributed by atoms with E-state index in [0.29, 0.717) is 0 Å². The zero-order valence-electron chi connectivity index (χ0n) is 8.26. The van der Waals surface area contributed by atoms with Gasteiger partial charge in [0.15, 0.2) is 0 Å². The van der Waals surface area contributed by atoms with Crippen LogP contribution in [0.4, 0.5) is 0 Å². The van der Waals surface area contributed by atoms with Gasteiger partial charge in [-0.05, 0) is 13.3 Å². The summed E-state index contributed by atoms with van der Waals surface area (Å²) in [6.07, 6.45) is 4.73. The fourth-order valence-corrected chi connectivity index (χ4v) is 0.971. The molecular formula is C10H16N2. The summed E-state index contributed by atoms with van der Waals surface area (Å²) in [5.74, 6) is 0. The van der Waals surface area contributed by atoms with Gasteiger partial charge in [0.1, 0.15) is 0 Å². The zero-order chi connectivity index (χ0) is 9.19. The SMILES string of the molecule is CCC(C)(C)c1cncc(C)n1. The van der Waals surface area contributed by atoms with Crippen molar-refractivity contribution in [3.63, 3.8) is 0 Å². The van der Waals surface area contributed by atoms with Crippen molar-refractivity contribution in [2.24, 2.45) is 0 Å². The van der Waals surface area contributed by atoms with Crippen molar-refractivity contribution in [3.05, 3.63) is 23.8 Å². The third-order valence-corrected chi connectivity index (χ3v) is 2.33. The Kier molecular flexibility index (Phi) is 2.46. The van der Waals surface area contributed by atoms with Crippen molar-refractivity contribution in [1.29, 1.82) is 0 Å². The first kappa shape index (κ1) is 9.17. The molecule has 2 nitrogen and oxygen atoms in total. The fraction of sp³-hybridized carbons (Fsp3) is 0.600. The number of aromatic nitrogens is 2. The lowest BCUT2D eigenvalue weighted by Gasteiger charge is -2.21. The number of rotatable bonds is 2. The molecule has 2 heteroatoms. The van der Waals surface area contributed by atoms with E-state index in [0.717, 1.165) is 17.8 Å². The Morgan fingerprint density at radius 3 is 2.50 bits per heavy atom. The van der Waals surface area contributed by atoms with Crippen LogP contribution in [0.25, 0.3) is 0 Å². The molecule has 0 aliphatic heterocycles. The molecule has 0 aliphatic carbocycles. The molecule has 0 spiro atoms. The summed E-state index contributed by atoms with van der Waals surface area (Å²) in [7, 11) is 0. The van der Waals surface area contributed by atoms with Crippen LogP contribution in [-0.4, -0.2) is 9.97 Å². The molecule has 0 amide bonds. The molecule has 0 N–H and O–H groups in total. The van der Waals surface area contributed by atoms with Crippen LogP contribution in [0.15, 0.2) is 12.4 Å². The number of nitrogens with zero attached hydrogens (tertiary/aromatic N) is 2. The molecule has 0 saturated heterocycles. The van der Waals surface area contributed by atoms with Gasteiger partial charge in [-0.3, -0.25) is 9.97 Å². The molecule has 0 fully saturated rings. The molecule has 0 bridgehead atoms. The minimum absolute atomic E-state index is 0.152. The molecular weight excluding hydrogens is 148 g/mol. The van der Waals surface area contributed by atoms with E-state index in [9.17, 15) is 0 Å². The molecule has 0 unspecified atom stereocenters. The van der Waals surface area contributed by atoms with E-state index < -0.39 is 0 Å². The first-order valence-electron chi connectivity index (χ1n) is 4.35. The second-order valence-corrected chi connectivity index (χ2v) is 3.78. The molecule has 0 aliphatic rings. The van der Waals surface area contributed by atoms with Gasteiger partial charge in [0.05, 0.1) is 11.4 Å². The van der Waals surface area contributed by atoms with E-state index in [2.05, 4.69) is 30.7 Å². The highest BCUT2D eigenvalue weighted by Crippen LogP contribution is 2.23. The Balaban J connectivity index is 3.03. The van der Waals surface area contributed by atoms with E-state index in [-0.39, 0.29) is 5.41 Å². The zero-order valence-corrected chi connectivity index (χ0v) is 8.26. The molecule has 66 valence electrons. The smallest absolute Gasteiger partial charge is 0.0645 e. The fourth-order valence-electron chi connectivity index (χ4n) is 0.971. The Hall–Kier alpha value is -0.920. The van der Waals surface area contributed by atoms with Gasteiger partial charge in [0, 0.05) is 17.8 Å². The number of aryl methyl sites for hydroxylation is 1. The number of hydrogen-bond donors (Lipinski definition) is 0. The lowest BCUT2D eigenvalue weighted by molar-refractivity contribution is 0.486. The second-order valence-electron chi connectivity index (χ2n) is 3.78. The molecule has 12 heavy (non-hydrogen) atoms. The van der Waals surface area contributed by atoms with Crippen molar-refractivity contribution in [2.45, 2.75) is 39.5 Å². The summed E-state index contributed by atoms with van der Waals surface area (Å²) in [6.45, 7) is 8.53. The third-order valence-electron chi connectivity index (χ3n) is 2.33. The molecule has 0 aromatic carbocycles. The molecule has 1 aromatic rings. The van der Waals surface area contributed by atoms with Crippen LogP contribution in [0.5, 0.6) is 0 Å². The van der Waals surface area contributed by atoms with Gasteiger partial charge in [-0.1, -0.05) is 20.8 Å². The monoisotopic (exact) mass is 164 g/mol. The van der Waals surface area contributed by atoms with Crippen molar-refractivity contribution < 1.29 is 0 Å². The average molecular weight is 164 g/mol. The van der Waals surface area contributed by atoms with Gasteiger partial charge < -0.3 is 0 Å². The number of hydrogen-bond acceptors (Lipinski definition) is 2. The lowest BCUT2D eigenvalue weighted by atomic mass is 9.87. The Morgan fingerprint density at radius 2 is 2.00 bits per heavy atom. The Labute approximate surface area is 74.1 Å². The van der Waals surface area contributed by atoms with Crippen molar-refractivity contribution >= 4 is 0 Å². The van der Waals surface area contributed by atoms with E-state index >= 15 is 0 Å². The van der Waals surface area contributed by atoms with Crippen molar-refractivity contribution in [1.82, 2.24) is 9.97 Å².